The SMILES string of the molecule is CC1=CC[C@H]2C(=O)N(c3ccccc3C(=O)Nc3cccc(C(=O)Nc4ccccc4)c3)C(=O)[C@@H]2C1. The minimum absolute atomic E-state index is 0.210. The van der Waals surface area contributed by atoms with Crippen LogP contribution >= 0.6 is 0 Å². The van der Waals surface area contributed by atoms with E-state index in [1.165, 1.54) is 4.90 Å². The highest BCUT2D eigenvalue weighted by Gasteiger charge is 2.49. The fourth-order valence-corrected chi connectivity index (χ4v) is 4.80. The first-order valence-corrected chi connectivity index (χ1v) is 11.8. The second-order valence-electron chi connectivity index (χ2n) is 9.09. The van der Waals surface area contributed by atoms with Crippen LogP contribution in [-0.2, 0) is 9.59 Å². The van der Waals surface area contributed by atoms with Crippen LogP contribution < -0.4 is 15.5 Å². The van der Waals surface area contributed by atoms with E-state index in [0.717, 1.165) is 5.57 Å². The molecule has 1 fully saturated rings. The van der Waals surface area contributed by atoms with Gasteiger partial charge in [0.15, 0.2) is 0 Å². The van der Waals surface area contributed by atoms with E-state index in [1.54, 1.807) is 60.7 Å². The highest BCUT2D eigenvalue weighted by molar-refractivity contribution is 6.25. The van der Waals surface area contributed by atoms with Gasteiger partial charge in [0.1, 0.15) is 0 Å². The first-order chi connectivity index (χ1) is 17.4. The molecule has 2 aliphatic rings. The van der Waals surface area contributed by atoms with Crippen LogP contribution in [-0.4, -0.2) is 23.6 Å². The maximum atomic E-state index is 13.3. The van der Waals surface area contributed by atoms with Crippen molar-refractivity contribution >= 4 is 40.7 Å². The predicted molar refractivity (Wildman–Crippen MR) is 138 cm³/mol. The molecule has 2 N–H and O–H groups in total. The Morgan fingerprint density at radius 3 is 2.25 bits per heavy atom. The number of benzene rings is 3. The number of hydrogen-bond donors (Lipinski definition) is 2. The lowest BCUT2D eigenvalue weighted by Crippen LogP contribution is -2.33. The average molecular weight is 480 g/mol. The molecule has 1 heterocycles. The summed E-state index contributed by atoms with van der Waals surface area (Å²) in [4.78, 5) is 53.5. The molecule has 2 atom stereocenters. The lowest BCUT2D eigenvalue weighted by molar-refractivity contribution is -0.122. The number of nitrogens with one attached hydrogen (secondary N) is 2. The monoisotopic (exact) mass is 479 g/mol. The van der Waals surface area contributed by atoms with Gasteiger partial charge in [-0.1, -0.05) is 48.0 Å². The van der Waals surface area contributed by atoms with E-state index in [4.69, 9.17) is 0 Å². The number of carbonyl (C=O) groups is 4. The maximum Gasteiger partial charge on any atom is 0.257 e. The largest absolute Gasteiger partial charge is 0.322 e. The van der Waals surface area contributed by atoms with Gasteiger partial charge in [0.05, 0.1) is 23.1 Å². The normalized spacial score (nSPS) is 18.9. The maximum absolute atomic E-state index is 13.3. The number of rotatable bonds is 5. The van der Waals surface area contributed by atoms with Crippen molar-refractivity contribution in [1.29, 1.82) is 0 Å². The molecule has 0 saturated carbocycles. The number of carbonyl (C=O) groups excluding carboxylic acids is 4. The highest BCUT2D eigenvalue weighted by atomic mass is 16.2. The van der Waals surface area contributed by atoms with Crippen molar-refractivity contribution in [2.24, 2.45) is 11.8 Å². The Kier molecular flexibility index (Phi) is 6.21. The third-order valence-electron chi connectivity index (χ3n) is 6.63. The van der Waals surface area contributed by atoms with Crippen LogP contribution in [0.15, 0.2) is 90.5 Å². The van der Waals surface area contributed by atoms with E-state index in [0.29, 0.717) is 29.8 Å². The summed E-state index contributed by atoms with van der Waals surface area (Å²) in [7, 11) is 0. The first kappa shape index (κ1) is 23.2. The van der Waals surface area contributed by atoms with Crippen molar-refractivity contribution in [2.45, 2.75) is 19.8 Å². The second-order valence-corrected chi connectivity index (χ2v) is 9.09. The van der Waals surface area contributed by atoms with E-state index in [2.05, 4.69) is 10.6 Å². The fraction of sp³-hybridized carbons (Fsp3) is 0.172. The molecule has 3 aromatic carbocycles. The number of hydrogen-bond acceptors (Lipinski definition) is 4. The zero-order valence-corrected chi connectivity index (χ0v) is 19.7. The minimum Gasteiger partial charge on any atom is -0.322 e. The minimum atomic E-state index is -0.476. The van der Waals surface area contributed by atoms with Gasteiger partial charge in [-0.3, -0.25) is 19.2 Å². The van der Waals surface area contributed by atoms with E-state index in [1.807, 2.05) is 31.2 Å². The molecule has 0 aromatic heterocycles. The van der Waals surface area contributed by atoms with Gasteiger partial charge in [-0.15, -0.1) is 0 Å². The Hall–Kier alpha value is -4.52. The van der Waals surface area contributed by atoms with Crippen LogP contribution in [0.25, 0.3) is 0 Å². The van der Waals surface area contributed by atoms with Crippen LogP contribution in [0.5, 0.6) is 0 Å². The summed E-state index contributed by atoms with van der Waals surface area (Å²) in [6.07, 6.45) is 3.09. The topological polar surface area (TPSA) is 95.6 Å². The summed E-state index contributed by atoms with van der Waals surface area (Å²) in [5.41, 5.74) is 3.04. The molecule has 7 heteroatoms. The fourth-order valence-electron chi connectivity index (χ4n) is 4.80. The summed E-state index contributed by atoms with van der Waals surface area (Å²) in [6, 6.07) is 22.3. The number of amides is 4. The Morgan fingerprint density at radius 1 is 0.778 bits per heavy atom. The number of allylic oxidation sites excluding steroid dienone is 2. The standard InChI is InChI=1S/C29H25N3O4/c1-18-14-15-22-24(16-18)29(36)32(28(22)35)25-13-6-5-12-23(25)27(34)31-21-11-7-8-19(17-21)26(33)30-20-9-3-2-4-10-20/h2-14,17,22,24H,15-16H2,1H3,(H,30,33)(H,31,34)/t22-,24-/m1/s1. The van der Waals surface area contributed by atoms with Crippen LogP contribution in [0, 0.1) is 11.8 Å². The highest BCUT2D eigenvalue weighted by Crippen LogP contribution is 2.40. The van der Waals surface area contributed by atoms with E-state index in [-0.39, 0.29) is 29.0 Å². The van der Waals surface area contributed by atoms with Crippen molar-refractivity contribution in [3.05, 3.63) is 102 Å². The number of imide groups is 1. The third-order valence-corrected chi connectivity index (χ3v) is 6.63. The van der Waals surface area contributed by atoms with Crippen molar-refractivity contribution in [3.8, 4) is 0 Å². The molecule has 0 unspecified atom stereocenters. The van der Waals surface area contributed by atoms with E-state index >= 15 is 0 Å². The molecule has 1 aliphatic heterocycles. The molecule has 0 spiro atoms. The summed E-state index contributed by atoms with van der Waals surface area (Å²) >= 11 is 0. The first-order valence-electron chi connectivity index (χ1n) is 11.8. The van der Waals surface area contributed by atoms with E-state index in [9.17, 15) is 19.2 Å². The Balaban J connectivity index is 1.36. The quantitative estimate of drug-likeness (QED) is 0.396. The Morgan fingerprint density at radius 2 is 1.44 bits per heavy atom. The Bertz CT molecular complexity index is 1400. The van der Waals surface area contributed by atoms with Gasteiger partial charge < -0.3 is 10.6 Å². The third kappa shape index (κ3) is 4.43. The lowest BCUT2D eigenvalue weighted by Gasteiger charge is -2.19. The van der Waals surface area contributed by atoms with Crippen LogP contribution in [0.1, 0.15) is 40.5 Å². The van der Waals surface area contributed by atoms with E-state index < -0.39 is 17.7 Å². The van der Waals surface area contributed by atoms with Crippen LogP contribution in [0.2, 0.25) is 0 Å². The molecular formula is C29H25N3O4. The molecule has 1 aliphatic carbocycles. The number of para-hydroxylation sites is 2. The predicted octanol–water partition coefficient (Wildman–Crippen LogP) is 5.04. The van der Waals surface area contributed by atoms with Crippen LogP contribution in [0.4, 0.5) is 17.1 Å². The van der Waals surface area contributed by atoms with Gasteiger partial charge in [0, 0.05) is 16.9 Å². The number of nitrogens with zero attached hydrogens (tertiary/aromatic N) is 1. The molecule has 36 heavy (non-hydrogen) atoms. The van der Waals surface area contributed by atoms with Gasteiger partial charge in [0.25, 0.3) is 11.8 Å². The van der Waals surface area contributed by atoms with Crippen molar-refractivity contribution in [3.63, 3.8) is 0 Å². The smallest absolute Gasteiger partial charge is 0.257 e. The zero-order valence-electron chi connectivity index (χ0n) is 19.7. The molecule has 5 rings (SSSR count). The van der Waals surface area contributed by atoms with Crippen molar-refractivity contribution in [2.75, 3.05) is 15.5 Å². The Labute approximate surface area is 208 Å². The summed E-state index contributed by atoms with van der Waals surface area (Å²) in [6.45, 7) is 1.96. The van der Waals surface area contributed by atoms with Gasteiger partial charge in [-0.2, -0.15) is 0 Å². The molecule has 0 radical (unpaired) electrons. The van der Waals surface area contributed by atoms with Gasteiger partial charge in [-0.25, -0.2) is 4.90 Å². The summed E-state index contributed by atoms with van der Waals surface area (Å²) < 4.78 is 0. The van der Waals surface area contributed by atoms with Gasteiger partial charge >= 0.3 is 0 Å². The zero-order chi connectivity index (χ0) is 25.2. The van der Waals surface area contributed by atoms with Crippen LogP contribution in [0.3, 0.4) is 0 Å². The molecule has 3 aromatic rings. The van der Waals surface area contributed by atoms with Crippen molar-refractivity contribution < 1.29 is 19.2 Å². The second kappa shape index (κ2) is 9.62. The average Bonchev–Trinajstić information content (AvgIpc) is 3.13. The van der Waals surface area contributed by atoms with Crippen molar-refractivity contribution in [1.82, 2.24) is 0 Å². The number of fused-ring (bicyclic) bond motifs is 1. The summed E-state index contributed by atoms with van der Waals surface area (Å²) in [5.74, 6) is -2.10. The number of anilines is 3. The summed E-state index contributed by atoms with van der Waals surface area (Å²) in [5, 5.41) is 5.62. The molecule has 180 valence electrons. The molecular weight excluding hydrogens is 454 g/mol. The molecule has 7 nitrogen and oxygen atoms in total. The molecule has 4 amide bonds. The van der Waals surface area contributed by atoms with Gasteiger partial charge in [-0.05, 0) is 62.2 Å². The molecule has 1 saturated heterocycles. The van der Waals surface area contributed by atoms with Gasteiger partial charge in [0.2, 0.25) is 11.8 Å². The molecule has 0 bridgehead atoms. The lowest BCUT2D eigenvalue weighted by atomic mass is 9.82.